The Morgan fingerprint density at radius 3 is 1.32 bits per heavy atom. The molecular weight excluding hydrogens is 332 g/mol. The summed E-state index contributed by atoms with van der Waals surface area (Å²) in [6.45, 7) is 3.29. The third-order valence-electron chi connectivity index (χ3n) is 2.78. The molecule has 1 rings (SSSR count). The van der Waals surface area contributed by atoms with E-state index in [1.54, 1.807) is 43.1 Å². The second kappa shape index (κ2) is 13.2. The van der Waals surface area contributed by atoms with Crippen LogP contribution in [0.5, 0.6) is 0 Å². The molecule has 0 atom stereocenters. The molecular formula is C14H28N6O5. The summed E-state index contributed by atoms with van der Waals surface area (Å²) in [7, 11) is 10.1. The maximum absolute atomic E-state index is 8.00. The standard InChI is InChI=1S/C13H26N6O4.CH2O/c1-17(7-20-3)11-14-12(18(2)8-21-4)16-13(15-11)19(9-22-5)10-23-6;1-2/h7-10H2,1-6H3;1H2. The number of methoxy groups -OCH3 is 4. The second-order valence-electron chi connectivity index (χ2n) is 4.84. The molecule has 144 valence electrons. The molecule has 0 aliphatic carbocycles. The van der Waals surface area contributed by atoms with Gasteiger partial charge in [0.2, 0.25) is 17.8 Å². The van der Waals surface area contributed by atoms with E-state index in [0.29, 0.717) is 44.8 Å². The molecule has 0 aliphatic rings. The average Bonchev–Trinajstić information content (AvgIpc) is 2.63. The quantitative estimate of drug-likeness (QED) is 0.489. The number of anilines is 3. The van der Waals surface area contributed by atoms with Gasteiger partial charge in [0.05, 0.1) is 0 Å². The van der Waals surface area contributed by atoms with Gasteiger partial charge in [-0.3, -0.25) is 4.90 Å². The highest BCUT2D eigenvalue weighted by Gasteiger charge is 2.17. The first-order valence-electron chi connectivity index (χ1n) is 7.25. The fourth-order valence-corrected chi connectivity index (χ4v) is 1.79. The largest absolute Gasteiger partial charge is 0.364 e. The van der Waals surface area contributed by atoms with Crippen LogP contribution in [-0.2, 0) is 23.7 Å². The van der Waals surface area contributed by atoms with Gasteiger partial charge in [-0.25, -0.2) is 0 Å². The number of hydrogen-bond donors (Lipinski definition) is 0. The molecule has 0 spiro atoms. The number of ether oxygens (including phenoxy) is 4. The molecule has 0 N–H and O–H groups in total. The molecule has 11 nitrogen and oxygen atoms in total. The number of rotatable bonds is 11. The van der Waals surface area contributed by atoms with Gasteiger partial charge >= 0.3 is 0 Å². The predicted octanol–water partition coefficient (Wildman–Crippen LogP) is -0.219. The molecule has 0 fully saturated rings. The Hall–Kier alpha value is -2.08. The topological polar surface area (TPSA) is 102 Å². The summed E-state index contributed by atoms with van der Waals surface area (Å²) in [4.78, 5) is 26.6. The lowest BCUT2D eigenvalue weighted by Crippen LogP contribution is -2.32. The molecule has 0 bridgehead atoms. The first-order valence-corrected chi connectivity index (χ1v) is 7.25. The van der Waals surface area contributed by atoms with E-state index in [4.69, 9.17) is 23.7 Å². The van der Waals surface area contributed by atoms with Crippen LogP contribution in [0.3, 0.4) is 0 Å². The maximum atomic E-state index is 8.00. The van der Waals surface area contributed by atoms with E-state index in [9.17, 15) is 0 Å². The zero-order valence-corrected chi connectivity index (χ0v) is 15.8. The molecule has 25 heavy (non-hydrogen) atoms. The maximum Gasteiger partial charge on any atom is 0.235 e. The fraction of sp³-hybridized carbons (Fsp3) is 0.714. The normalized spacial score (nSPS) is 10.0. The number of carbonyl (C=O) groups is 1. The minimum absolute atomic E-state index is 0.290. The first kappa shape index (κ1) is 22.9. The van der Waals surface area contributed by atoms with Gasteiger partial charge in [0.25, 0.3) is 0 Å². The van der Waals surface area contributed by atoms with E-state index in [-0.39, 0.29) is 0 Å². The van der Waals surface area contributed by atoms with Crippen molar-refractivity contribution in [2.75, 3.05) is 84.2 Å². The minimum Gasteiger partial charge on any atom is -0.364 e. The first-order chi connectivity index (χ1) is 12.1. The summed E-state index contributed by atoms with van der Waals surface area (Å²) in [5, 5.41) is 0. The van der Waals surface area contributed by atoms with Crippen molar-refractivity contribution < 1.29 is 23.7 Å². The van der Waals surface area contributed by atoms with Gasteiger partial charge in [-0.05, 0) is 0 Å². The third kappa shape index (κ3) is 7.56. The Bertz CT molecular complexity index is 445. The van der Waals surface area contributed by atoms with Crippen LogP contribution in [0.15, 0.2) is 0 Å². The molecule has 0 amide bonds. The van der Waals surface area contributed by atoms with E-state index in [1.165, 1.54) is 0 Å². The summed E-state index contributed by atoms with van der Waals surface area (Å²) >= 11 is 0. The molecule has 0 radical (unpaired) electrons. The fourth-order valence-electron chi connectivity index (χ4n) is 1.79. The van der Waals surface area contributed by atoms with Crippen molar-refractivity contribution in [2.24, 2.45) is 0 Å². The molecule has 0 saturated carbocycles. The zero-order chi connectivity index (χ0) is 19.2. The van der Waals surface area contributed by atoms with Crippen molar-refractivity contribution in [3.8, 4) is 0 Å². The molecule has 0 saturated heterocycles. The summed E-state index contributed by atoms with van der Waals surface area (Å²) in [6.07, 6.45) is 0. The predicted molar refractivity (Wildman–Crippen MR) is 93.7 cm³/mol. The Kier molecular flexibility index (Phi) is 12.1. The van der Waals surface area contributed by atoms with Crippen molar-refractivity contribution in [1.82, 2.24) is 15.0 Å². The van der Waals surface area contributed by atoms with Crippen LogP contribution >= 0.6 is 0 Å². The number of nitrogens with zero attached hydrogens (tertiary/aromatic N) is 6. The molecule has 0 aliphatic heterocycles. The average molecular weight is 360 g/mol. The molecule has 0 aromatic carbocycles. The van der Waals surface area contributed by atoms with Crippen molar-refractivity contribution >= 4 is 24.6 Å². The zero-order valence-electron chi connectivity index (χ0n) is 15.8. The van der Waals surface area contributed by atoms with Crippen LogP contribution < -0.4 is 14.7 Å². The Labute approximate surface area is 148 Å². The Morgan fingerprint density at radius 1 is 0.680 bits per heavy atom. The summed E-state index contributed by atoms with van der Waals surface area (Å²) < 4.78 is 20.6. The van der Waals surface area contributed by atoms with Crippen LogP contribution in [0.2, 0.25) is 0 Å². The SMILES string of the molecule is C=O.COCN(C)c1nc(N(C)COC)nc(N(COC)COC)n1. The second-order valence-corrected chi connectivity index (χ2v) is 4.84. The summed E-state index contributed by atoms with van der Waals surface area (Å²) in [6, 6.07) is 0. The highest BCUT2D eigenvalue weighted by molar-refractivity contribution is 5.45. The van der Waals surface area contributed by atoms with Gasteiger partial charge in [-0.2, -0.15) is 15.0 Å². The smallest absolute Gasteiger partial charge is 0.235 e. The Morgan fingerprint density at radius 2 is 1.00 bits per heavy atom. The van der Waals surface area contributed by atoms with Gasteiger partial charge in [-0.15, -0.1) is 0 Å². The third-order valence-corrected chi connectivity index (χ3v) is 2.78. The monoisotopic (exact) mass is 360 g/mol. The van der Waals surface area contributed by atoms with Crippen molar-refractivity contribution in [1.29, 1.82) is 0 Å². The molecule has 1 aromatic rings. The lowest BCUT2D eigenvalue weighted by molar-refractivity contribution is -0.0979. The number of hydrogen-bond acceptors (Lipinski definition) is 11. The van der Waals surface area contributed by atoms with Crippen LogP contribution in [0.25, 0.3) is 0 Å². The highest BCUT2D eigenvalue weighted by Crippen LogP contribution is 2.18. The van der Waals surface area contributed by atoms with Crippen molar-refractivity contribution in [2.45, 2.75) is 0 Å². The Balaban J connectivity index is 0.00000277. The van der Waals surface area contributed by atoms with Gasteiger partial charge in [0.15, 0.2) is 0 Å². The van der Waals surface area contributed by atoms with Crippen LogP contribution in [0.4, 0.5) is 17.8 Å². The molecule has 0 unspecified atom stereocenters. The molecule has 1 heterocycles. The molecule has 11 heteroatoms. The van der Waals surface area contributed by atoms with Crippen molar-refractivity contribution in [3.05, 3.63) is 0 Å². The van der Waals surface area contributed by atoms with E-state index < -0.39 is 0 Å². The van der Waals surface area contributed by atoms with Gasteiger partial charge in [0, 0.05) is 42.5 Å². The summed E-state index contributed by atoms with van der Waals surface area (Å²) in [5.41, 5.74) is 0. The number of aromatic nitrogens is 3. The highest BCUT2D eigenvalue weighted by atomic mass is 16.5. The number of carbonyl (C=O) groups excluding carboxylic acids is 1. The van der Waals surface area contributed by atoms with Crippen LogP contribution in [0.1, 0.15) is 0 Å². The van der Waals surface area contributed by atoms with E-state index in [2.05, 4.69) is 15.0 Å². The summed E-state index contributed by atoms with van der Waals surface area (Å²) in [5.74, 6) is 1.40. The van der Waals surface area contributed by atoms with Gasteiger partial charge in [0.1, 0.15) is 33.7 Å². The lowest BCUT2D eigenvalue weighted by Gasteiger charge is -2.25. The van der Waals surface area contributed by atoms with Gasteiger partial charge in [-0.1, -0.05) is 0 Å². The van der Waals surface area contributed by atoms with E-state index in [1.807, 2.05) is 20.9 Å². The van der Waals surface area contributed by atoms with E-state index in [0.717, 1.165) is 0 Å². The van der Waals surface area contributed by atoms with Crippen LogP contribution in [-0.4, -0.2) is 91.2 Å². The minimum atomic E-state index is 0.290. The van der Waals surface area contributed by atoms with Crippen molar-refractivity contribution in [3.63, 3.8) is 0 Å². The van der Waals surface area contributed by atoms with Gasteiger partial charge < -0.3 is 33.5 Å². The lowest BCUT2D eigenvalue weighted by atomic mass is 10.6. The molecule has 1 aromatic heterocycles. The van der Waals surface area contributed by atoms with Crippen LogP contribution in [0, 0.1) is 0 Å². The van der Waals surface area contributed by atoms with E-state index >= 15 is 0 Å².